The summed E-state index contributed by atoms with van der Waals surface area (Å²) < 4.78 is 0. The standard InChI is InChI=1S/C32H43N5O3/c1-23-21-35(20-17-33-23)22-29(38)34-27(14-13-24-9-5-4-6-10-24)30(39)36-18-15-25(16-19-36)37-28-12-8-7-11-26(28)32(2,3)31(37)40/h4-12,23,25,27,33H,13-22H2,1-3H3,(H,34,38)/t23-,27+/m1/s1. The molecule has 3 aliphatic heterocycles. The van der Waals surface area contributed by atoms with Gasteiger partial charge in [-0.25, -0.2) is 0 Å². The van der Waals surface area contributed by atoms with E-state index in [0.717, 1.165) is 49.3 Å². The Morgan fingerprint density at radius 2 is 1.73 bits per heavy atom. The number of carbonyl (C=O) groups is 3. The van der Waals surface area contributed by atoms with Crippen LogP contribution in [0, 0.1) is 0 Å². The van der Waals surface area contributed by atoms with Gasteiger partial charge in [0.15, 0.2) is 0 Å². The number of fused-ring (bicyclic) bond motifs is 1. The van der Waals surface area contributed by atoms with E-state index in [1.807, 2.05) is 66.1 Å². The van der Waals surface area contributed by atoms with Crippen LogP contribution < -0.4 is 15.5 Å². The molecule has 214 valence electrons. The van der Waals surface area contributed by atoms with Crippen LogP contribution in [0.5, 0.6) is 0 Å². The highest BCUT2D eigenvalue weighted by Crippen LogP contribution is 2.43. The van der Waals surface area contributed by atoms with E-state index in [-0.39, 0.29) is 23.8 Å². The summed E-state index contributed by atoms with van der Waals surface area (Å²) in [5, 5.41) is 6.49. The second-order valence-electron chi connectivity index (χ2n) is 12.1. The first-order chi connectivity index (χ1) is 19.2. The van der Waals surface area contributed by atoms with Gasteiger partial charge in [0, 0.05) is 50.5 Å². The molecule has 2 atom stereocenters. The monoisotopic (exact) mass is 545 g/mol. The first-order valence-electron chi connectivity index (χ1n) is 14.7. The normalized spacial score (nSPS) is 22.2. The topological polar surface area (TPSA) is 85.0 Å². The zero-order chi connectivity index (χ0) is 28.3. The van der Waals surface area contributed by atoms with Crippen molar-refractivity contribution in [3.63, 3.8) is 0 Å². The minimum absolute atomic E-state index is 0.0233. The fourth-order valence-electron chi connectivity index (χ4n) is 6.48. The number of piperazine rings is 1. The fourth-order valence-corrected chi connectivity index (χ4v) is 6.48. The van der Waals surface area contributed by atoms with Crippen molar-refractivity contribution in [2.45, 2.75) is 70.0 Å². The highest BCUT2D eigenvalue weighted by atomic mass is 16.2. The number of rotatable bonds is 8. The highest BCUT2D eigenvalue weighted by molar-refractivity contribution is 6.08. The largest absolute Gasteiger partial charge is 0.343 e. The molecule has 2 N–H and O–H groups in total. The lowest BCUT2D eigenvalue weighted by Gasteiger charge is -2.39. The average Bonchev–Trinajstić information content (AvgIpc) is 3.16. The minimum atomic E-state index is -0.572. The van der Waals surface area contributed by atoms with Crippen molar-refractivity contribution >= 4 is 23.4 Å². The molecule has 0 bridgehead atoms. The quantitative estimate of drug-likeness (QED) is 0.533. The number of carbonyl (C=O) groups excluding carboxylic acids is 3. The molecule has 0 saturated carbocycles. The smallest absolute Gasteiger partial charge is 0.245 e. The van der Waals surface area contributed by atoms with E-state index >= 15 is 0 Å². The lowest BCUT2D eigenvalue weighted by Crippen LogP contribution is -2.56. The molecule has 5 rings (SSSR count). The van der Waals surface area contributed by atoms with Gasteiger partial charge < -0.3 is 20.4 Å². The van der Waals surface area contributed by atoms with Crippen molar-refractivity contribution in [3.8, 4) is 0 Å². The van der Waals surface area contributed by atoms with E-state index in [2.05, 4.69) is 34.6 Å². The summed E-state index contributed by atoms with van der Waals surface area (Å²) in [5.41, 5.74) is 2.68. The summed E-state index contributed by atoms with van der Waals surface area (Å²) >= 11 is 0. The number of hydrogen-bond acceptors (Lipinski definition) is 5. The van der Waals surface area contributed by atoms with Gasteiger partial charge in [-0.2, -0.15) is 0 Å². The number of nitrogens with zero attached hydrogens (tertiary/aromatic N) is 3. The van der Waals surface area contributed by atoms with Gasteiger partial charge in [0.25, 0.3) is 0 Å². The van der Waals surface area contributed by atoms with Crippen molar-refractivity contribution in [1.29, 1.82) is 0 Å². The summed E-state index contributed by atoms with van der Waals surface area (Å²) in [6, 6.07) is 18.0. The first-order valence-corrected chi connectivity index (χ1v) is 14.7. The van der Waals surface area contributed by atoms with Gasteiger partial charge in [0.1, 0.15) is 6.04 Å². The third-order valence-corrected chi connectivity index (χ3v) is 8.75. The van der Waals surface area contributed by atoms with Crippen LogP contribution >= 0.6 is 0 Å². The molecule has 0 aliphatic carbocycles. The zero-order valence-electron chi connectivity index (χ0n) is 24.1. The second kappa shape index (κ2) is 12.1. The molecule has 2 saturated heterocycles. The van der Waals surface area contributed by atoms with Crippen LogP contribution in [0.2, 0.25) is 0 Å². The van der Waals surface area contributed by atoms with E-state index in [4.69, 9.17) is 0 Å². The fraction of sp³-hybridized carbons (Fsp3) is 0.531. The number of amides is 3. The molecule has 8 heteroatoms. The molecule has 2 fully saturated rings. The maximum absolute atomic E-state index is 13.8. The Hall–Kier alpha value is -3.23. The number of likely N-dealkylation sites (tertiary alicyclic amines) is 1. The van der Waals surface area contributed by atoms with Crippen molar-refractivity contribution in [2.75, 3.05) is 44.2 Å². The Balaban J connectivity index is 1.23. The van der Waals surface area contributed by atoms with E-state index in [9.17, 15) is 14.4 Å². The Morgan fingerprint density at radius 1 is 1.02 bits per heavy atom. The highest BCUT2D eigenvalue weighted by Gasteiger charge is 2.46. The van der Waals surface area contributed by atoms with Gasteiger partial charge in [-0.1, -0.05) is 48.5 Å². The summed E-state index contributed by atoms with van der Waals surface area (Å²) in [4.78, 5) is 46.3. The number of anilines is 1. The van der Waals surface area contributed by atoms with Crippen LogP contribution in [0.25, 0.3) is 0 Å². The zero-order valence-corrected chi connectivity index (χ0v) is 24.1. The molecule has 2 aromatic rings. The second-order valence-corrected chi connectivity index (χ2v) is 12.1. The molecule has 2 aromatic carbocycles. The van der Waals surface area contributed by atoms with Crippen LogP contribution in [0.3, 0.4) is 0 Å². The Bertz CT molecular complexity index is 1210. The molecule has 3 heterocycles. The van der Waals surface area contributed by atoms with E-state index in [1.54, 1.807) is 0 Å². The lowest BCUT2D eigenvalue weighted by molar-refractivity contribution is -0.138. The number of benzene rings is 2. The Kier molecular flexibility index (Phi) is 8.57. The predicted molar refractivity (Wildman–Crippen MR) is 157 cm³/mol. The number of aryl methyl sites for hydroxylation is 1. The minimum Gasteiger partial charge on any atom is -0.343 e. The van der Waals surface area contributed by atoms with Crippen LogP contribution in [0.4, 0.5) is 5.69 Å². The van der Waals surface area contributed by atoms with Gasteiger partial charge in [-0.15, -0.1) is 0 Å². The number of para-hydroxylation sites is 1. The summed E-state index contributed by atoms with van der Waals surface area (Å²) in [6.45, 7) is 10.1. The van der Waals surface area contributed by atoms with Gasteiger partial charge in [0.2, 0.25) is 17.7 Å². The number of hydrogen-bond donors (Lipinski definition) is 2. The van der Waals surface area contributed by atoms with Crippen molar-refractivity contribution in [2.24, 2.45) is 0 Å². The molecule has 3 aliphatic rings. The van der Waals surface area contributed by atoms with Gasteiger partial charge >= 0.3 is 0 Å². The van der Waals surface area contributed by atoms with Gasteiger partial charge in [-0.3, -0.25) is 19.3 Å². The van der Waals surface area contributed by atoms with Crippen molar-refractivity contribution in [3.05, 3.63) is 65.7 Å². The van der Waals surface area contributed by atoms with Crippen molar-refractivity contribution < 1.29 is 14.4 Å². The average molecular weight is 546 g/mol. The predicted octanol–water partition coefficient (Wildman–Crippen LogP) is 2.71. The molecular formula is C32H43N5O3. The van der Waals surface area contributed by atoms with Crippen molar-refractivity contribution in [1.82, 2.24) is 20.4 Å². The molecule has 40 heavy (non-hydrogen) atoms. The molecule has 0 spiro atoms. The van der Waals surface area contributed by atoms with Gasteiger partial charge in [-0.05, 0) is 63.6 Å². The lowest BCUT2D eigenvalue weighted by atomic mass is 9.86. The third kappa shape index (κ3) is 6.08. The number of nitrogens with one attached hydrogen (secondary N) is 2. The molecule has 0 aromatic heterocycles. The van der Waals surface area contributed by atoms with Gasteiger partial charge in [0.05, 0.1) is 12.0 Å². The maximum atomic E-state index is 13.8. The third-order valence-electron chi connectivity index (χ3n) is 8.75. The number of piperidine rings is 1. The van der Waals surface area contributed by atoms with E-state index in [1.165, 1.54) is 0 Å². The van der Waals surface area contributed by atoms with E-state index in [0.29, 0.717) is 38.5 Å². The van der Waals surface area contributed by atoms with Crippen LogP contribution in [0.15, 0.2) is 54.6 Å². The molecule has 3 amide bonds. The molecule has 0 unspecified atom stereocenters. The molecule has 0 radical (unpaired) electrons. The van der Waals surface area contributed by atoms with E-state index < -0.39 is 11.5 Å². The van der Waals surface area contributed by atoms with Crippen LogP contribution in [-0.2, 0) is 26.2 Å². The summed E-state index contributed by atoms with van der Waals surface area (Å²) in [6.07, 6.45) is 2.71. The SMILES string of the molecule is C[C@@H]1CN(CC(=O)N[C@@H](CCc2ccccc2)C(=O)N2CCC(N3C(=O)C(C)(C)c4ccccc43)CC2)CCN1. The molecular weight excluding hydrogens is 502 g/mol. The summed E-state index contributed by atoms with van der Waals surface area (Å²) in [7, 11) is 0. The molecule has 8 nitrogen and oxygen atoms in total. The maximum Gasteiger partial charge on any atom is 0.245 e. The Morgan fingerprint density at radius 3 is 2.45 bits per heavy atom. The summed E-state index contributed by atoms with van der Waals surface area (Å²) in [5.74, 6) is 0.00972. The Labute approximate surface area is 238 Å². The van der Waals surface area contributed by atoms with Crippen LogP contribution in [0.1, 0.15) is 51.2 Å². The van der Waals surface area contributed by atoms with Crippen LogP contribution in [-0.4, -0.2) is 84.9 Å². The first kappa shape index (κ1) is 28.3.